The molecule has 1 atom stereocenters. The molecule has 1 saturated heterocycles. The van der Waals surface area contributed by atoms with Gasteiger partial charge in [0.1, 0.15) is 6.42 Å². The molecule has 2 N–H and O–H groups in total. The number of hydrogen-bond acceptors (Lipinski definition) is 5. The van der Waals surface area contributed by atoms with Gasteiger partial charge in [-0.15, -0.1) is 0 Å². The van der Waals surface area contributed by atoms with Crippen molar-refractivity contribution in [2.24, 2.45) is 11.8 Å². The third-order valence-corrected chi connectivity index (χ3v) is 6.89. The molecule has 1 aromatic carbocycles. The van der Waals surface area contributed by atoms with Gasteiger partial charge in [0.2, 0.25) is 5.91 Å². The third-order valence-electron chi connectivity index (χ3n) is 6.89. The van der Waals surface area contributed by atoms with Crippen LogP contribution in [0.3, 0.4) is 0 Å². The van der Waals surface area contributed by atoms with Gasteiger partial charge in [0.15, 0.2) is 0 Å². The van der Waals surface area contributed by atoms with Gasteiger partial charge in [-0.05, 0) is 68.2 Å². The van der Waals surface area contributed by atoms with E-state index in [2.05, 4.69) is 33.3 Å². The molecule has 6 nitrogen and oxygen atoms in total. The Hall–Kier alpha value is -2.10. The Kier molecular flexibility index (Phi) is 8.74. The Bertz CT molecular complexity index is 744. The van der Waals surface area contributed by atoms with Crippen LogP contribution in [0.25, 0.3) is 0 Å². The first kappa shape index (κ1) is 23.6. The number of anilines is 1. The maximum absolute atomic E-state index is 11.6. The minimum atomic E-state index is -0.406. The largest absolute Gasteiger partial charge is 0.388 e. The quantitative estimate of drug-likeness (QED) is 0.665. The summed E-state index contributed by atoms with van der Waals surface area (Å²) in [6.07, 6.45) is 5.20. The number of aliphatic hydroxyl groups is 1. The van der Waals surface area contributed by atoms with Crippen molar-refractivity contribution >= 4 is 11.6 Å². The number of amides is 1. The highest BCUT2D eigenvalue weighted by atomic mass is 16.3. The summed E-state index contributed by atoms with van der Waals surface area (Å²) in [7, 11) is 0. The second-order valence-corrected chi connectivity index (χ2v) is 9.52. The van der Waals surface area contributed by atoms with Gasteiger partial charge >= 0.3 is 0 Å². The van der Waals surface area contributed by atoms with E-state index in [1.807, 2.05) is 26.0 Å². The third kappa shape index (κ3) is 6.95. The molecule has 3 rings (SSSR count). The molecule has 170 valence electrons. The Morgan fingerprint density at radius 2 is 1.90 bits per heavy atom. The Balaban J connectivity index is 1.37. The number of nitrogens with zero attached hydrogens (tertiary/aromatic N) is 3. The van der Waals surface area contributed by atoms with Gasteiger partial charge in [-0.2, -0.15) is 5.26 Å². The minimum Gasteiger partial charge on any atom is -0.388 e. The van der Waals surface area contributed by atoms with Crippen LogP contribution in [0.15, 0.2) is 24.3 Å². The lowest BCUT2D eigenvalue weighted by atomic mass is 9.84. The molecule has 0 aromatic heterocycles. The molecule has 31 heavy (non-hydrogen) atoms. The topological polar surface area (TPSA) is 79.6 Å². The number of carbonyl (C=O) groups excluding carboxylic acids is 1. The minimum absolute atomic E-state index is 0.0332. The fourth-order valence-corrected chi connectivity index (χ4v) is 4.83. The highest BCUT2D eigenvalue weighted by Gasteiger charge is 2.24. The lowest BCUT2D eigenvalue weighted by Crippen LogP contribution is -2.47. The fraction of sp³-hybridized carbons (Fsp3) is 0.680. The summed E-state index contributed by atoms with van der Waals surface area (Å²) in [5.74, 6) is 0.834. The van der Waals surface area contributed by atoms with E-state index in [1.165, 1.54) is 24.9 Å². The number of nitriles is 1. The zero-order valence-corrected chi connectivity index (χ0v) is 19.1. The Morgan fingerprint density at radius 1 is 1.19 bits per heavy atom. The van der Waals surface area contributed by atoms with Crippen molar-refractivity contribution in [3.05, 3.63) is 29.8 Å². The van der Waals surface area contributed by atoms with Gasteiger partial charge in [0.05, 0.1) is 12.2 Å². The number of hydrogen-bond donors (Lipinski definition) is 2. The van der Waals surface area contributed by atoms with Crippen LogP contribution >= 0.6 is 0 Å². The summed E-state index contributed by atoms with van der Waals surface area (Å²) in [4.78, 5) is 16.6. The van der Waals surface area contributed by atoms with Crippen molar-refractivity contribution in [3.63, 3.8) is 0 Å². The van der Waals surface area contributed by atoms with E-state index in [0.717, 1.165) is 57.0 Å². The van der Waals surface area contributed by atoms with Crippen molar-refractivity contribution in [2.75, 3.05) is 37.6 Å². The first-order chi connectivity index (χ1) is 15.0. The molecule has 2 fully saturated rings. The van der Waals surface area contributed by atoms with Gasteiger partial charge in [0.25, 0.3) is 0 Å². The highest BCUT2D eigenvalue weighted by Crippen LogP contribution is 2.28. The van der Waals surface area contributed by atoms with Gasteiger partial charge in [-0.1, -0.05) is 26.0 Å². The summed E-state index contributed by atoms with van der Waals surface area (Å²) in [5.41, 5.74) is 2.22. The van der Waals surface area contributed by atoms with Crippen molar-refractivity contribution in [3.8, 4) is 6.07 Å². The first-order valence-electron chi connectivity index (χ1n) is 11.9. The van der Waals surface area contributed by atoms with Crippen LogP contribution < -0.4 is 10.2 Å². The molecular formula is C25H38N4O2. The molecule has 1 aliphatic carbocycles. The number of nitrogens with one attached hydrogen (secondary N) is 1. The lowest BCUT2D eigenvalue weighted by Gasteiger charge is -2.37. The van der Waals surface area contributed by atoms with Gasteiger partial charge in [-0.25, -0.2) is 0 Å². The van der Waals surface area contributed by atoms with E-state index < -0.39 is 6.10 Å². The normalized spacial score (nSPS) is 23.4. The number of carbonyl (C=O) groups is 1. The van der Waals surface area contributed by atoms with Crippen molar-refractivity contribution < 1.29 is 9.90 Å². The average molecular weight is 427 g/mol. The first-order valence-corrected chi connectivity index (χ1v) is 11.9. The van der Waals surface area contributed by atoms with Crippen molar-refractivity contribution in [2.45, 2.75) is 64.5 Å². The molecule has 0 spiro atoms. The second kappa shape index (κ2) is 11.5. The average Bonchev–Trinajstić information content (AvgIpc) is 2.78. The molecule has 0 radical (unpaired) electrons. The molecule has 1 unspecified atom stereocenters. The van der Waals surface area contributed by atoms with E-state index in [9.17, 15) is 9.90 Å². The SMILES string of the molecule is CC(C)C(O)c1cccc(N2CCN(CCC3CCC(NC(=O)CC#N)CC3)CC2)c1. The Morgan fingerprint density at radius 3 is 2.55 bits per heavy atom. The number of benzene rings is 1. The van der Waals surface area contributed by atoms with Gasteiger partial charge in [-0.3, -0.25) is 9.69 Å². The Labute approximate surface area is 187 Å². The monoisotopic (exact) mass is 426 g/mol. The molecule has 1 saturated carbocycles. The lowest BCUT2D eigenvalue weighted by molar-refractivity contribution is -0.121. The summed E-state index contributed by atoms with van der Waals surface area (Å²) in [5, 5.41) is 22.0. The van der Waals surface area contributed by atoms with Crippen LogP contribution in [0.2, 0.25) is 0 Å². The molecular weight excluding hydrogens is 388 g/mol. The van der Waals surface area contributed by atoms with Gasteiger partial charge < -0.3 is 15.3 Å². The molecule has 1 aromatic rings. The summed E-state index contributed by atoms with van der Waals surface area (Å²) in [6, 6.07) is 10.5. The van der Waals surface area contributed by atoms with E-state index in [-0.39, 0.29) is 24.3 Å². The maximum Gasteiger partial charge on any atom is 0.234 e. The molecule has 1 heterocycles. The van der Waals surface area contributed by atoms with Crippen LogP contribution in [-0.4, -0.2) is 54.7 Å². The van der Waals surface area contributed by atoms with Crippen LogP contribution in [0.4, 0.5) is 5.69 Å². The fourth-order valence-electron chi connectivity index (χ4n) is 4.83. The summed E-state index contributed by atoms with van der Waals surface area (Å²) >= 11 is 0. The van der Waals surface area contributed by atoms with Gasteiger partial charge in [0, 0.05) is 37.9 Å². The van der Waals surface area contributed by atoms with Crippen LogP contribution in [0, 0.1) is 23.2 Å². The van der Waals surface area contributed by atoms with E-state index in [1.54, 1.807) is 0 Å². The molecule has 1 aliphatic heterocycles. The van der Waals surface area contributed by atoms with Crippen LogP contribution in [0.5, 0.6) is 0 Å². The highest BCUT2D eigenvalue weighted by molar-refractivity contribution is 5.78. The van der Waals surface area contributed by atoms with E-state index in [4.69, 9.17) is 5.26 Å². The van der Waals surface area contributed by atoms with Crippen LogP contribution in [0.1, 0.15) is 64.0 Å². The molecule has 6 heteroatoms. The second-order valence-electron chi connectivity index (χ2n) is 9.52. The molecule has 1 amide bonds. The summed E-state index contributed by atoms with van der Waals surface area (Å²) in [6.45, 7) is 9.46. The van der Waals surface area contributed by atoms with Crippen molar-refractivity contribution in [1.29, 1.82) is 5.26 Å². The number of aliphatic hydroxyl groups excluding tert-OH is 1. The van der Waals surface area contributed by atoms with E-state index >= 15 is 0 Å². The predicted molar refractivity (Wildman–Crippen MR) is 124 cm³/mol. The smallest absolute Gasteiger partial charge is 0.234 e. The predicted octanol–water partition coefficient (Wildman–Crippen LogP) is 3.48. The summed E-state index contributed by atoms with van der Waals surface area (Å²) < 4.78 is 0. The molecule has 2 aliphatic rings. The van der Waals surface area contributed by atoms with Crippen molar-refractivity contribution in [1.82, 2.24) is 10.2 Å². The zero-order chi connectivity index (χ0) is 22.2. The van der Waals surface area contributed by atoms with E-state index in [0.29, 0.717) is 0 Å². The zero-order valence-electron chi connectivity index (χ0n) is 19.1. The standard InChI is InChI=1S/C25H38N4O2/c1-19(2)25(31)21-4-3-5-23(18-21)29-16-14-28(15-17-29)13-11-20-6-8-22(9-7-20)27-24(30)10-12-26/h3-5,18-20,22,25,31H,6-11,13-17H2,1-2H3,(H,27,30). The maximum atomic E-state index is 11.6. The molecule has 0 bridgehead atoms. The number of piperazine rings is 1. The van der Waals surface area contributed by atoms with Crippen LogP contribution in [-0.2, 0) is 4.79 Å². The number of rotatable bonds is 8.